The molecule has 0 aromatic heterocycles. The van der Waals surface area contributed by atoms with Gasteiger partial charge in [0.1, 0.15) is 18.5 Å². The van der Waals surface area contributed by atoms with Crippen LogP contribution in [0, 0.1) is 17.7 Å². The quantitative estimate of drug-likeness (QED) is 0.493. The fraction of sp³-hybridized carbons (Fsp3) is 0.444. The summed E-state index contributed by atoms with van der Waals surface area (Å²) in [5.74, 6) is -1.34. The molecule has 35 heavy (non-hydrogen) atoms. The lowest BCUT2D eigenvalue weighted by atomic mass is 9.74. The van der Waals surface area contributed by atoms with Gasteiger partial charge in [-0.25, -0.2) is 9.18 Å². The van der Waals surface area contributed by atoms with Crippen LogP contribution < -0.4 is 16.4 Å². The number of carbonyl (C=O) groups is 3. The van der Waals surface area contributed by atoms with Crippen molar-refractivity contribution in [3.8, 4) is 0 Å². The summed E-state index contributed by atoms with van der Waals surface area (Å²) >= 11 is 0. The Morgan fingerprint density at radius 2 is 1.69 bits per heavy atom. The minimum atomic E-state index is -1.02. The van der Waals surface area contributed by atoms with Gasteiger partial charge < -0.3 is 21.1 Å². The number of alkyl carbamates (subject to hydrolysis) is 1. The maximum absolute atomic E-state index is 13.3. The van der Waals surface area contributed by atoms with Gasteiger partial charge in [0.15, 0.2) is 0 Å². The molecule has 3 amide bonds. The van der Waals surface area contributed by atoms with Crippen molar-refractivity contribution in [2.45, 2.75) is 58.1 Å². The van der Waals surface area contributed by atoms with E-state index in [0.717, 1.165) is 30.4 Å². The van der Waals surface area contributed by atoms with E-state index in [1.54, 1.807) is 0 Å². The van der Waals surface area contributed by atoms with Crippen LogP contribution in [-0.2, 0) is 20.9 Å². The van der Waals surface area contributed by atoms with Crippen LogP contribution in [0.25, 0.3) is 0 Å². The van der Waals surface area contributed by atoms with E-state index in [2.05, 4.69) is 10.6 Å². The van der Waals surface area contributed by atoms with Gasteiger partial charge in [0, 0.05) is 12.5 Å². The average molecular weight is 484 g/mol. The van der Waals surface area contributed by atoms with Crippen molar-refractivity contribution in [2.24, 2.45) is 17.6 Å². The van der Waals surface area contributed by atoms with Crippen molar-refractivity contribution in [1.29, 1.82) is 0 Å². The third kappa shape index (κ3) is 7.53. The Morgan fingerprint density at radius 1 is 1.03 bits per heavy atom. The van der Waals surface area contributed by atoms with Crippen LogP contribution in [-0.4, -0.2) is 24.5 Å². The molecule has 1 aliphatic rings. The number of nitrogens with one attached hydrogen (secondary N) is 2. The number of amides is 3. The molecule has 3 rings (SSSR count). The number of carbonyl (C=O) groups excluding carboxylic acids is 3. The third-order valence-electron chi connectivity index (χ3n) is 6.31. The lowest BCUT2D eigenvalue weighted by Gasteiger charge is -2.32. The highest BCUT2D eigenvalue weighted by atomic mass is 19.1. The molecular formula is C27H34FN3O4. The number of hydrogen-bond donors (Lipinski definition) is 3. The highest BCUT2D eigenvalue weighted by Gasteiger charge is 2.34. The Hall–Kier alpha value is -3.42. The minimum absolute atomic E-state index is 0.00481. The molecule has 2 aromatic rings. The second kappa shape index (κ2) is 12.3. The zero-order valence-electron chi connectivity index (χ0n) is 20.3. The van der Waals surface area contributed by atoms with Crippen LogP contribution in [0.4, 0.5) is 9.18 Å². The van der Waals surface area contributed by atoms with E-state index in [9.17, 15) is 18.8 Å². The first-order chi connectivity index (χ1) is 16.7. The standard InChI is InChI=1S/C27H34FN3O4/c1-17(2)15-30-27(34)35-16-18-7-9-19(10-8-18)22-5-3-4-6-23(22)26(33)31-24(25(29)32)20-11-13-21(28)14-12-20/h7-14,17,22-24H,3-6,15-16H2,1-2H3,(H2,29,32)(H,30,34)(H,31,33)/t22-,23+,24-/m0/s1. The van der Waals surface area contributed by atoms with E-state index in [1.807, 2.05) is 38.1 Å². The van der Waals surface area contributed by atoms with Crippen LogP contribution in [0.15, 0.2) is 48.5 Å². The highest BCUT2D eigenvalue weighted by molar-refractivity contribution is 5.89. The van der Waals surface area contributed by atoms with Crippen molar-refractivity contribution in [2.75, 3.05) is 6.54 Å². The second-order valence-electron chi connectivity index (χ2n) is 9.49. The maximum atomic E-state index is 13.3. The molecule has 0 aliphatic heterocycles. The van der Waals surface area contributed by atoms with E-state index in [-0.39, 0.29) is 24.3 Å². The predicted octanol–water partition coefficient (Wildman–Crippen LogP) is 4.32. The first-order valence-electron chi connectivity index (χ1n) is 12.1. The van der Waals surface area contributed by atoms with Gasteiger partial charge in [-0.2, -0.15) is 0 Å². The summed E-state index contributed by atoms with van der Waals surface area (Å²) in [4.78, 5) is 37.1. The Morgan fingerprint density at radius 3 is 2.31 bits per heavy atom. The summed E-state index contributed by atoms with van der Waals surface area (Å²) in [7, 11) is 0. The molecule has 3 atom stereocenters. The fourth-order valence-corrected chi connectivity index (χ4v) is 4.42. The largest absolute Gasteiger partial charge is 0.445 e. The fourth-order valence-electron chi connectivity index (χ4n) is 4.42. The number of rotatable bonds is 9. The lowest BCUT2D eigenvalue weighted by Crippen LogP contribution is -2.42. The average Bonchev–Trinajstić information content (AvgIpc) is 2.85. The maximum Gasteiger partial charge on any atom is 0.407 e. The van der Waals surface area contributed by atoms with Gasteiger partial charge >= 0.3 is 6.09 Å². The summed E-state index contributed by atoms with van der Waals surface area (Å²) in [5, 5.41) is 5.50. The molecule has 2 aromatic carbocycles. The van der Waals surface area contributed by atoms with E-state index >= 15 is 0 Å². The number of halogens is 1. The van der Waals surface area contributed by atoms with E-state index in [0.29, 0.717) is 24.4 Å². The van der Waals surface area contributed by atoms with Gasteiger partial charge in [-0.3, -0.25) is 9.59 Å². The summed E-state index contributed by atoms with van der Waals surface area (Å²) < 4.78 is 18.5. The molecular weight excluding hydrogens is 449 g/mol. The Labute approximate surface area is 205 Å². The van der Waals surface area contributed by atoms with Crippen LogP contribution in [0.2, 0.25) is 0 Å². The first kappa shape index (κ1) is 26.2. The molecule has 1 fully saturated rings. The predicted molar refractivity (Wildman–Crippen MR) is 131 cm³/mol. The van der Waals surface area contributed by atoms with Gasteiger partial charge in [0.2, 0.25) is 11.8 Å². The van der Waals surface area contributed by atoms with E-state index in [1.165, 1.54) is 24.3 Å². The van der Waals surface area contributed by atoms with Crippen molar-refractivity contribution in [3.63, 3.8) is 0 Å². The van der Waals surface area contributed by atoms with E-state index in [4.69, 9.17) is 10.5 Å². The first-order valence-corrected chi connectivity index (χ1v) is 12.1. The molecule has 0 radical (unpaired) electrons. The molecule has 1 aliphatic carbocycles. The number of primary amides is 1. The molecule has 0 bridgehead atoms. The van der Waals surface area contributed by atoms with Crippen LogP contribution in [0.5, 0.6) is 0 Å². The molecule has 1 saturated carbocycles. The summed E-state index contributed by atoms with van der Waals surface area (Å²) in [6.07, 6.45) is 3.03. The van der Waals surface area contributed by atoms with Crippen LogP contribution in [0.1, 0.15) is 68.2 Å². The molecule has 8 heteroatoms. The Bertz CT molecular complexity index is 1010. The molecule has 4 N–H and O–H groups in total. The van der Waals surface area contributed by atoms with E-state index < -0.39 is 23.9 Å². The van der Waals surface area contributed by atoms with Gasteiger partial charge in [0.25, 0.3) is 0 Å². The lowest BCUT2D eigenvalue weighted by molar-refractivity contribution is -0.131. The highest BCUT2D eigenvalue weighted by Crippen LogP contribution is 2.38. The molecule has 188 valence electrons. The zero-order chi connectivity index (χ0) is 25.4. The summed E-state index contributed by atoms with van der Waals surface area (Å²) in [6, 6.07) is 12.1. The van der Waals surface area contributed by atoms with Gasteiger partial charge in [-0.15, -0.1) is 0 Å². The Balaban J connectivity index is 1.65. The topological polar surface area (TPSA) is 111 Å². The van der Waals surface area contributed by atoms with Crippen molar-refractivity contribution >= 4 is 17.9 Å². The second-order valence-corrected chi connectivity index (χ2v) is 9.49. The smallest absolute Gasteiger partial charge is 0.407 e. The number of nitrogens with two attached hydrogens (primary N) is 1. The Kier molecular flexibility index (Phi) is 9.23. The minimum Gasteiger partial charge on any atom is -0.445 e. The molecule has 0 unspecified atom stereocenters. The SMILES string of the molecule is CC(C)CNC(=O)OCc1ccc([C@@H]2CCCC[C@H]2C(=O)N[C@H](C(N)=O)c2ccc(F)cc2)cc1. The van der Waals surface area contributed by atoms with Crippen molar-refractivity contribution < 1.29 is 23.5 Å². The van der Waals surface area contributed by atoms with Crippen molar-refractivity contribution in [1.82, 2.24) is 10.6 Å². The van der Waals surface area contributed by atoms with Crippen LogP contribution >= 0.6 is 0 Å². The van der Waals surface area contributed by atoms with Gasteiger partial charge in [0.05, 0.1) is 0 Å². The van der Waals surface area contributed by atoms with Crippen LogP contribution in [0.3, 0.4) is 0 Å². The monoisotopic (exact) mass is 483 g/mol. The van der Waals surface area contributed by atoms with Gasteiger partial charge in [-0.05, 0) is 53.5 Å². The third-order valence-corrected chi connectivity index (χ3v) is 6.31. The number of hydrogen-bond acceptors (Lipinski definition) is 4. The molecule has 7 nitrogen and oxygen atoms in total. The number of ether oxygens (including phenoxy) is 1. The van der Waals surface area contributed by atoms with Crippen molar-refractivity contribution in [3.05, 3.63) is 71.0 Å². The molecule has 0 spiro atoms. The normalized spacial score (nSPS) is 18.5. The van der Waals surface area contributed by atoms with Gasteiger partial charge in [-0.1, -0.05) is 63.1 Å². The molecule has 0 heterocycles. The summed E-state index contributed by atoms with van der Waals surface area (Å²) in [5.41, 5.74) is 7.87. The summed E-state index contributed by atoms with van der Waals surface area (Å²) in [6.45, 7) is 4.74. The zero-order valence-corrected chi connectivity index (χ0v) is 20.3. The molecule has 0 saturated heterocycles. The number of benzene rings is 2.